The molecule has 1 fully saturated rings. The lowest BCUT2D eigenvalue weighted by Crippen LogP contribution is -2.51. The number of nitrogens with zero attached hydrogens (tertiary/aromatic N) is 1. The minimum absolute atomic E-state index is 0.0718. The third-order valence-electron chi connectivity index (χ3n) is 4.52. The van der Waals surface area contributed by atoms with E-state index in [1.165, 1.54) is 0 Å². The predicted molar refractivity (Wildman–Crippen MR) is 110 cm³/mol. The average Bonchev–Trinajstić information content (AvgIpc) is 2.74. The van der Waals surface area contributed by atoms with Crippen molar-refractivity contribution in [3.63, 3.8) is 0 Å². The van der Waals surface area contributed by atoms with E-state index in [-0.39, 0.29) is 18.3 Å². The van der Waals surface area contributed by atoms with Gasteiger partial charge >= 0.3 is 5.97 Å². The van der Waals surface area contributed by atoms with Crippen LogP contribution in [-0.2, 0) is 9.53 Å². The second-order valence-corrected chi connectivity index (χ2v) is 6.59. The fourth-order valence-corrected chi connectivity index (χ4v) is 3.12. The lowest BCUT2D eigenvalue weighted by molar-refractivity contribution is -0.122. The first kappa shape index (κ1) is 22.1. The van der Waals surface area contributed by atoms with Crippen molar-refractivity contribution in [2.75, 3.05) is 26.2 Å². The van der Waals surface area contributed by atoms with Crippen molar-refractivity contribution in [2.45, 2.75) is 19.9 Å². The molecule has 1 saturated heterocycles. The maximum absolute atomic E-state index is 12.6. The number of benzene rings is 2. The summed E-state index contributed by atoms with van der Waals surface area (Å²) in [7, 11) is 0. The largest absolute Gasteiger partial charge is 0.483 e. The molecule has 7 nitrogen and oxygen atoms in total. The first-order valence-electron chi connectivity index (χ1n) is 9.48. The van der Waals surface area contributed by atoms with Crippen molar-refractivity contribution in [3.8, 4) is 11.1 Å². The molecule has 0 saturated carbocycles. The van der Waals surface area contributed by atoms with Gasteiger partial charge in [0.05, 0.1) is 12.2 Å². The fourth-order valence-electron chi connectivity index (χ4n) is 3.12. The molecule has 1 amide bonds. The Bertz CT molecular complexity index is 818. The van der Waals surface area contributed by atoms with E-state index < -0.39 is 0 Å². The van der Waals surface area contributed by atoms with Gasteiger partial charge in [0.15, 0.2) is 0 Å². The Balaban J connectivity index is 0.000000941. The van der Waals surface area contributed by atoms with E-state index >= 15 is 0 Å². The van der Waals surface area contributed by atoms with E-state index in [9.17, 15) is 9.59 Å². The molecule has 2 aromatic rings. The van der Waals surface area contributed by atoms with E-state index in [4.69, 9.17) is 14.6 Å². The van der Waals surface area contributed by atoms with Crippen LogP contribution >= 0.6 is 0 Å². The van der Waals surface area contributed by atoms with E-state index in [2.05, 4.69) is 12.2 Å². The molecule has 29 heavy (non-hydrogen) atoms. The molecule has 2 aromatic carbocycles. The Hall–Kier alpha value is -3.19. The van der Waals surface area contributed by atoms with E-state index in [1.54, 1.807) is 19.1 Å². The first-order chi connectivity index (χ1) is 14.0. The van der Waals surface area contributed by atoms with Gasteiger partial charge in [-0.1, -0.05) is 24.3 Å². The highest BCUT2D eigenvalue weighted by Gasteiger charge is 2.21. The molecule has 154 valence electrons. The van der Waals surface area contributed by atoms with Crippen LogP contribution in [0.3, 0.4) is 0 Å². The molecule has 1 aliphatic rings. The third kappa shape index (κ3) is 6.15. The Morgan fingerprint density at radius 3 is 2.10 bits per heavy atom. The molecule has 1 heterocycles. The van der Waals surface area contributed by atoms with Gasteiger partial charge in [-0.2, -0.15) is 0 Å². The molecule has 3 rings (SSSR count). The lowest BCUT2D eigenvalue weighted by Gasteiger charge is -2.32. The molecular weight excluding hydrogens is 372 g/mol. The molecule has 1 aliphatic heterocycles. The SMILES string of the molecule is CCOC(=O)c1ccc(-c2ccc(C(=O)N3CCNC(C)C3)cc2)cc1.O=CO. The van der Waals surface area contributed by atoms with Crippen molar-refractivity contribution in [1.82, 2.24) is 10.2 Å². The summed E-state index contributed by atoms with van der Waals surface area (Å²) in [6, 6.07) is 15.2. The number of carbonyl (C=O) groups excluding carboxylic acids is 2. The molecule has 7 heteroatoms. The Morgan fingerprint density at radius 2 is 1.62 bits per heavy atom. The number of esters is 1. The molecule has 0 spiro atoms. The van der Waals surface area contributed by atoms with Gasteiger partial charge < -0.3 is 20.1 Å². The summed E-state index contributed by atoms with van der Waals surface area (Å²) >= 11 is 0. The summed E-state index contributed by atoms with van der Waals surface area (Å²) in [6.07, 6.45) is 0. The zero-order chi connectivity index (χ0) is 21.2. The summed E-state index contributed by atoms with van der Waals surface area (Å²) < 4.78 is 5.00. The number of carbonyl (C=O) groups is 3. The zero-order valence-electron chi connectivity index (χ0n) is 16.6. The van der Waals surface area contributed by atoms with Gasteiger partial charge in [0.25, 0.3) is 12.4 Å². The van der Waals surface area contributed by atoms with Crippen LogP contribution in [0.1, 0.15) is 34.6 Å². The normalized spacial score (nSPS) is 15.7. The summed E-state index contributed by atoms with van der Waals surface area (Å²) in [5, 5.41) is 10.2. The number of piperazine rings is 1. The molecule has 0 radical (unpaired) electrons. The highest BCUT2D eigenvalue weighted by atomic mass is 16.5. The lowest BCUT2D eigenvalue weighted by atomic mass is 10.0. The maximum atomic E-state index is 12.6. The number of amides is 1. The van der Waals surface area contributed by atoms with Crippen LogP contribution in [-0.4, -0.2) is 60.6 Å². The van der Waals surface area contributed by atoms with Gasteiger partial charge in [0.1, 0.15) is 0 Å². The molecule has 0 bridgehead atoms. The topological polar surface area (TPSA) is 95.9 Å². The number of carboxylic acid groups (broad SMARTS) is 1. The van der Waals surface area contributed by atoms with Crippen molar-refractivity contribution in [3.05, 3.63) is 59.7 Å². The van der Waals surface area contributed by atoms with Crippen molar-refractivity contribution >= 4 is 18.3 Å². The van der Waals surface area contributed by atoms with Crippen LogP contribution in [0.25, 0.3) is 11.1 Å². The quantitative estimate of drug-likeness (QED) is 0.607. The van der Waals surface area contributed by atoms with E-state index in [0.717, 1.165) is 30.8 Å². The monoisotopic (exact) mass is 398 g/mol. The molecule has 2 N–H and O–H groups in total. The minimum Gasteiger partial charge on any atom is -0.483 e. The molecular formula is C22H26N2O5. The van der Waals surface area contributed by atoms with Gasteiger partial charge in [-0.05, 0) is 49.2 Å². The standard InChI is InChI=1S/C21H24N2O3.CH2O2/c1-3-26-21(25)19-10-6-17(7-11-19)16-4-8-18(9-5-16)20(24)23-13-12-22-15(2)14-23;2-1-3/h4-11,15,22H,3,12-14H2,1-2H3;1H,(H,2,3). The number of hydrogen-bond donors (Lipinski definition) is 2. The van der Waals surface area contributed by atoms with E-state index in [0.29, 0.717) is 23.8 Å². The van der Waals surface area contributed by atoms with Crippen molar-refractivity contribution in [2.24, 2.45) is 0 Å². The van der Waals surface area contributed by atoms with Gasteiger partial charge in [-0.3, -0.25) is 9.59 Å². The average molecular weight is 398 g/mol. The third-order valence-corrected chi connectivity index (χ3v) is 4.52. The summed E-state index contributed by atoms with van der Waals surface area (Å²) in [4.78, 5) is 34.6. The van der Waals surface area contributed by atoms with Crippen LogP contribution in [0, 0.1) is 0 Å². The second kappa shape index (κ2) is 11.0. The molecule has 0 aromatic heterocycles. The highest BCUT2D eigenvalue weighted by molar-refractivity contribution is 5.95. The number of ether oxygens (including phenoxy) is 1. The molecule has 1 atom stereocenters. The van der Waals surface area contributed by atoms with E-state index in [1.807, 2.05) is 41.3 Å². The van der Waals surface area contributed by atoms with Crippen molar-refractivity contribution < 1.29 is 24.2 Å². The Kier molecular flexibility index (Phi) is 8.36. The maximum Gasteiger partial charge on any atom is 0.338 e. The summed E-state index contributed by atoms with van der Waals surface area (Å²) in [6.45, 7) is 6.29. The Labute approximate surface area is 170 Å². The molecule has 1 unspecified atom stereocenters. The van der Waals surface area contributed by atoms with Crippen LogP contribution in [0.2, 0.25) is 0 Å². The summed E-state index contributed by atoms with van der Waals surface area (Å²) in [5.74, 6) is -0.243. The second-order valence-electron chi connectivity index (χ2n) is 6.59. The minimum atomic E-state index is -0.315. The van der Waals surface area contributed by atoms with Crippen LogP contribution in [0.4, 0.5) is 0 Å². The van der Waals surface area contributed by atoms with Gasteiger partial charge in [0.2, 0.25) is 0 Å². The van der Waals surface area contributed by atoms with Gasteiger partial charge in [-0.25, -0.2) is 4.79 Å². The number of rotatable bonds is 4. The smallest absolute Gasteiger partial charge is 0.338 e. The highest BCUT2D eigenvalue weighted by Crippen LogP contribution is 2.21. The van der Waals surface area contributed by atoms with Gasteiger partial charge in [0, 0.05) is 31.2 Å². The van der Waals surface area contributed by atoms with Crippen LogP contribution < -0.4 is 5.32 Å². The van der Waals surface area contributed by atoms with Crippen molar-refractivity contribution in [1.29, 1.82) is 0 Å². The molecule has 0 aliphatic carbocycles. The fraction of sp³-hybridized carbons (Fsp3) is 0.318. The summed E-state index contributed by atoms with van der Waals surface area (Å²) in [5.41, 5.74) is 3.24. The van der Waals surface area contributed by atoms with Gasteiger partial charge in [-0.15, -0.1) is 0 Å². The Morgan fingerprint density at radius 1 is 1.10 bits per heavy atom. The number of nitrogens with one attached hydrogen (secondary N) is 1. The zero-order valence-corrected chi connectivity index (χ0v) is 16.6. The van der Waals surface area contributed by atoms with Crippen LogP contribution in [0.5, 0.6) is 0 Å². The van der Waals surface area contributed by atoms with Crippen LogP contribution in [0.15, 0.2) is 48.5 Å². The first-order valence-corrected chi connectivity index (χ1v) is 9.48. The number of hydrogen-bond acceptors (Lipinski definition) is 5. The predicted octanol–water partition coefficient (Wildman–Crippen LogP) is 2.67.